The molecule has 1 saturated carbocycles. The highest BCUT2D eigenvalue weighted by Crippen LogP contribution is 2.28. The highest BCUT2D eigenvalue weighted by atomic mass is 16.6. The van der Waals surface area contributed by atoms with Crippen LogP contribution in [0.1, 0.15) is 40.0 Å². The summed E-state index contributed by atoms with van der Waals surface area (Å²) in [6, 6.07) is 0. The van der Waals surface area contributed by atoms with Crippen molar-refractivity contribution in [1.82, 2.24) is 9.80 Å². The summed E-state index contributed by atoms with van der Waals surface area (Å²) in [5.41, 5.74) is 0.494. The van der Waals surface area contributed by atoms with E-state index in [1.165, 1.54) is 6.42 Å². The minimum absolute atomic E-state index is 0.249. The fraction of sp³-hybridized carbons (Fsp3) is 0.632. The predicted octanol–water partition coefficient (Wildman–Crippen LogP) is 3.69. The smallest absolute Gasteiger partial charge is 0.410 e. The number of carbonyl (C=O) groups excluding carboxylic acids is 1. The lowest BCUT2D eigenvalue weighted by atomic mass is 9.96. The Morgan fingerprint density at radius 2 is 1.71 bits per heavy atom. The summed E-state index contributed by atoms with van der Waals surface area (Å²) in [7, 11) is 0. The number of hydrogen-bond donors (Lipinski definition) is 0. The topological polar surface area (TPSA) is 42.0 Å². The van der Waals surface area contributed by atoms with Crippen molar-refractivity contribution in [3.05, 3.63) is 36.8 Å². The summed E-state index contributed by atoms with van der Waals surface area (Å²) in [6.45, 7) is 16.2. The Bertz CT molecular complexity index is 507. The summed E-state index contributed by atoms with van der Waals surface area (Å²) >= 11 is 0. The van der Waals surface area contributed by atoms with Gasteiger partial charge in [-0.2, -0.15) is 0 Å². The zero-order valence-electron chi connectivity index (χ0n) is 15.2. The Labute approximate surface area is 145 Å². The van der Waals surface area contributed by atoms with E-state index in [-0.39, 0.29) is 6.09 Å². The highest BCUT2D eigenvalue weighted by molar-refractivity contribution is 5.68. The Morgan fingerprint density at radius 3 is 2.17 bits per heavy atom. The van der Waals surface area contributed by atoms with Gasteiger partial charge in [-0.3, -0.25) is 0 Å². The number of rotatable bonds is 5. The van der Waals surface area contributed by atoms with Crippen molar-refractivity contribution in [3.63, 3.8) is 0 Å². The van der Waals surface area contributed by atoms with Gasteiger partial charge in [0.2, 0.25) is 0 Å². The molecule has 0 atom stereocenters. The Kier molecular flexibility index (Phi) is 5.97. The van der Waals surface area contributed by atoms with E-state index in [1.807, 2.05) is 26.8 Å². The molecule has 0 spiro atoms. The van der Waals surface area contributed by atoms with Gasteiger partial charge in [0.1, 0.15) is 11.4 Å². The van der Waals surface area contributed by atoms with Crippen LogP contribution in [0.25, 0.3) is 0 Å². The Balaban J connectivity index is 1.90. The van der Waals surface area contributed by atoms with E-state index < -0.39 is 5.60 Å². The van der Waals surface area contributed by atoms with Crippen molar-refractivity contribution >= 4 is 6.09 Å². The number of allylic oxidation sites excluding steroid dienone is 2. The molecule has 1 amide bonds. The van der Waals surface area contributed by atoms with Gasteiger partial charge in [-0.25, -0.2) is 4.79 Å². The van der Waals surface area contributed by atoms with Gasteiger partial charge in [-0.05, 0) is 46.1 Å². The normalized spacial score (nSPS) is 19.5. The Morgan fingerprint density at radius 1 is 1.12 bits per heavy atom. The molecule has 2 fully saturated rings. The molecule has 1 aliphatic heterocycles. The number of carbonyl (C=O) groups is 1. The molecule has 5 nitrogen and oxygen atoms in total. The number of nitrogens with zero attached hydrogens (tertiary/aromatic N) is 2. The van der Waals surface area contributed by atoms with Crippen LogP contribution in [0.3, 0.4) is 0 Å². The lowest BCUT2D eigenvalue weighted by Gasteiger charge is -2.39. The maximum Gasteiger partial charge on any atom is 0.410 e. The minimum atomic E-state index is -0.465. The minimum Gasteiger partial charge on any atom is -0.489 e. The van der Waals surface area contributed by atoms with E-state index in [0.29, 0.717) is 25.0 Å². The zero-order valence-corrected chi connectivity index (χ0v) is 15.2. The average molecular weight is 334 g/mol. The molecule has 5 heteroatoms. The number of amides is 1. The van der Waals surface area contributed by atoms with Crippen LogP contribution in [0.5, 0.6) is 0 Å². The third kappa shape index (κ3) is 5.05. The third-order valence-electron chi connectivity index (χ3n) is 4.19. The van der Waals surface area contributed by atoms with Crippen molar-refractivity contribution < 1.29 is 14.3 Å². The maximum atomic E-state index is 12.2. The molecule has 2 aliphatic rings. The van der Waals surface area contributed by atoms with Gasteiger partial charge in [-0.15, -0.1) is 0 Å². The van der Waals surface area contributed by atoms with Crippen molar-refractivity contribution in [2.24, 2.45) is 0 Å². The van der Waals surface area contributed by atoms with Crippen LogP contribution in [-0.4, -0.2) is 53.8 Å². The molecule has 0 N–H and O–H groups in total. The van der Waals surface area contributed by atoms with E-state index in [2.05, 4.69) is 18.1 Å². The first kappa shape index (κ1) is 18.4. The first-order valence-corrected chi connectivity index (χ1v) is 8.71. The van der Waals surface area contributed by atoms with Gasteiger partial charge in [-0.1, -0.05) is 19.2 Å². The van der Waals surface area contributed by atoms with Gasteiger partial charge in [0, 0.05) is 26.2 Å². The number of hydrogen-bond acceptors (Lipinski definition) is 4. The number of ether oxygens (including phenoxy) is 2. The second-order valence-electron chi connectivity index (χ2n) is 7.34. The lowest BCUT2D eigenvalue weighted by Crippen LogP contribution is -2.49. The average Bonchev–Trinajstić information content (AvgIpc) is 2.47. The van der Waals surface area contributed by atoms with Crippen LogP contribution in [0.4, 0.5) is 4.79 Å². The lowest BCUT2D eigenvalue weighted by molar-refractivity contribution is 0.0149. The second kappa shape index (κ2) is 7.77. The molecule has 1 aliphatic carbocycles. The second-order valence-corrected chi connectivity index (χ2v) is 7.34. The molecular formula is C19H30N2O3. The molecule has 134 valence electrons. The highest BCUT2D eigenvalue weighted by Gasteiger charge is 2.28. The molecule has 0 bridgehead atoms. The van der Waals surface area contributed by atoms with Crippen LogP contribution in [0.15, 0.2) is 36.8 Å². The third-order valence-corrected chi connectivity index (χ3v) is 4.19. The van der Waals surface area contributed by atoms with Crippen molar-refractivity contribution in [3.8, 4) is 0 Å². The summed E-state index contributed by atoms with van der Waals surface area (Å²) in [5.74, 6) is 0.699. The molecule has 2 rings (SSSR count). The van der Waals surface area contributed by atoms with Crippen LogP contribution in [0.2, 0.25) is 0 Å². The standard InChI is InChI=1S/C19H30N2O3/c1-6-8-17(15(2)23-16-9-7-10-16)20-11-13-21(14-12-20)18(22)24-19(3,4)5/h6,8,16H,1-2,7,9-14H2,3-5H3/b17-8+. The maximum absolute atomic E-state index is 12.2. The van der Waals surface area contributed by atoms with Gasteiger partial charge in [0.25, 0.3) is 0 Å². The first-order valence-electron chi connectivity index (χ1n) is 8.71. The monoisotopic (exact) mass is 334 g/mol. The van der Waals surface area contributed by atoms with Gasteiger partial charge in [0.15, 0.2) is 0 Å². The summed E-state index contributed by atoms with van der Waals surface area (Å²) in [6.07, 6.45) is 7.18. The summed E-state index contributed by atoms with van der Waals surface area (Å²) < 4.78 is 11.4. The van der Waals surface area contributed by atoms with Crippen LogP contribution >= 0.6 is 0 Å². The molecule has 0 radical (unpaired) electrons. The van der Waals surface area contributed by atoms with Gasteiger partial charge >= 0.3 is 6.09 Å². The van der Waals surface area contributed by atoms with Crippen molar-refractivity contribution in [1.29, 1.82) is 0 Å². The predicted molar refractivity (Wildman–Crippen MR) is 95.5 cm³/mol. The van der Waals surface area contributed by atoms with Crippen molar-refractivity contribution in [2.75, 3.05) is 26.2 Å². The van der Waals surface area contributed by atoms with E-state index in [0.717, 1.165) is 31.6 Å². The molecule has 0 aromatic rings. The van der Waals surface area contributed by atoms with Gasteiger partial charge in [0.05, 0.1) is 11.8 Å². The van der Waals surface area contributed by atoms with Crippen LogP contribution < -0.4 is 0 Å². The quantitative estimate of drug-likeness (QED) is 0.568. The molecule has 0 aromatic heterocycles. The molecule has 0 unspecified atom stereocenters. The van der Waals surface area contributed by atoms with E-state index in [1.54, 1.807) is 11.0 Å². The summed E-state index contributed by atoms with van der Waals surface area (Å²) in [4.78, 5) is 16.1. The largest absolute Gasteiger partial charge is 0.489 e. The fourth-order valence-electron chi connectivity index (χ4n) is 2.69. The molecule has 0 aromatic carbocycles. The van der Waals surface area contributed by atoms with Crippen molar-refractivity contribution in [2.45, 2.75) is 51.7 Å². The SMILES string of the molecule is C=C/C=C(\C(=C)OC1CCC1)N1CCN(C(=O)OC(C)(C)C)CC1. The first-order chi connectivity index (χ1) is 11.3. The van der Waals surface area contributed by atoms with Gasteiger partial charge < -0.3 is 19.3 Å². The van der Waals surface area contributed by atoms with Crippen LogP contribution in [0, 0.1) is 0 Å². The molecule has 24 heavy (non-hydrogen) atoms. The molecule has 1 heterocycles. The van der Waals surface area contributed by atoms with E-state index >= 15 is 0 Å². The zero-order chi connectivity index (χ0) is 17.7. The fourth-order valence-corrected chi connectivity index (χ4v) is 2.69. The van der Waals surface area contributed by atoms with E-state index in [9.17, 15) is 4.79 Å². The van der Waals surface area contributed by atoms with E-state index in [4.69, 9.17) is 9.47 Å². The Hall–Kier alpha value is -1.91. The van der Waals surface area contributed by atoms with Crippen LogP contribution in [-0.2, 0) is 9.47 Å². The number of piperazine rings is 1. The molecule has 1 saturated heterocycles. The summed E-state index contributed by atoms with van der Waals surface area (Å²) in [5, 5.41) is 0. The molecular weight excluding hydrogens is 304 g/mol.